The Labute approximate surface area is 112 Å². The lowest BCUT2D eigenvalue weighted by Gasteiger charge is -2.40. The van der Waals surface area contributed by atoms with Crippen LogP contribution in [-0.4, -0.2) is 18.6 Å². The molecular weight excluding hydrogens is 232 g/mol. The van der Waals surface area contributed by atoms with Crippen molar-refractivity contribution in [3.8, 4) is 0 Å². The molecule has 2 heteroatoms. The van der Waals surface area contributed by atoms with Crippen LogP contribution in [-0.2, 0) is 4.74 Å². The Balaban J connectivity index is 2.36. The van der Waals surface area contributed by atoms with Crippen LogP contribution in [0.1, 0.15) is 59.8 Å². The van der Waals surface area contributed by atoms with Gasteiger partial charge in [0.05, 0.1) is 0 Å². The molecule has 0 N–H and O–H groups in total. The summed E-state index contributed by atoms with van der Waals surface area (Å²) in [5.74, 6) is 1.55. The molecule has 3 atom stereocenters. The van der Waals surface area contributed by atoms with E-state index in [9.17, 15) is 0 Å². The fraction of sp³-hybridized carbons (Fsp3) is 1.00. The lowest BCUT2D eigenvalue weighted by atomic mass is 9.68. The van der Waals surface area contributed by atoms with E-state index in [2.05, 4.69) is 27.7 Å². The predicted octanol–water partition coefficient (Wildman–Crippen LogP) is 4.87. The van der Waals surface area contributed by atoms with Crippen molar-refractivity contribution in [2.24, 2.45) is 17.3 Å². The van der Waals surface area contributed by atoms with E-state index in [1.165, 1.54) is 32.1 Å². The molecule has 17 heavy (non-hydrogen) atoms. The topological polar surface area (TPSA) is 9.23 Å². The lowest BCUT2D eigenvalue weighted by molar-refractivity contribution is 0.116. The summed E-state index contributed by atoms with van der Waals surface area (Å²) in [6, 6.07) is 0. The van der Waals surface area contributed by atoms with Gasteiger partial charge < -0.3 is 4.74 Å². The van der Waals surface area contributed by atoms with Crippen molar-refractivity contribution in [1.82, 2.24) is 0 Å². The van der Waals surface area contributed by atoms with E-state index in [0.717, 1.165) is 19.1 Å². The van der Waals surface area contributed by atoms with Crippen LogP contribution in [0, 0.1) is 17.3 Å². The third kappa shape index (κ3) is 5.18. The van der Waals surface area contributed by atoms with E-state index < -0.39 is 0 Å². The minimum Gasteiger partial charge on any atom is -0.382 e. The number of hydrogen-bond donors (Lipinski definition) is 0. The highest BCUT2D eigenvalue weighted by atomic mass is 35.5. The summed E-state index contributed by atoms with van der Waals surface area (Å²) in [5, 5.41) is 0.398. The Morgan fingerprint density at radius 3 is 2.53 bits per heavy atom. The number of rotatable bonds is 5. The van der Waals surface area contributed by atoms with Crippen molar-refractivity contribution in [3.63, 3.8) is 0 Å². The van der Waals surface area contributed by atoms with Gasteiger partial charge in [0, 0.05) is 18.6 Å². The van der Waals surface area contributed by atoms with Gasteiger partial charge in [0.2, 0.25) is 0 Å². The van der Waals surface area contributed by atoms with Gasteiger partial charge in [-0.1, -0.05) is 20.8 Å². The molecule has 0 aliphatic heterocycles. The Bertz CT molecular complexity index is 209. The lowest BCUT2D eigenvalue weighted by Crippen LogP contribution is -2.32. The zero-order chi connectivity index (χ0) is 12.9. The molecule has 1 aliphatic carbocycles. The normalized spacial score (nSPS) is 30.5. The van der Waals surface area contributed by atoms with Gasteiger partial charge in [0.25, 0.3) is 0 Å². The first-order valence-electron chi connectivity index (χ1n) is 7.17. The molecule has 1 nitrogen and oxygen atoms in total. The van der Waals surface area contributed by atoms with E-state index >= 15 is 0 Å². The molecule has 0 aromatic heterocycles. The molecule has 0 spiro atoms. The fourth-order valence-corrected chi connectivity index (χ4v) is 3.26. The summed E-state index contributed by atoms with van der Waals surface area (Å²) in [6.45, 7) is 10.9. The maximum atomic E-state index is 6.47. The van der Waals surface area contributed by atoms with Crippen LogP contribution < -0.4 is 0 Å². The first-order chi connectivity index (χ1) is 7.95. The molecule has 3 unspecified atom stereocenters. The molecule has 1 rings (SSSR count). The van der Waals surface area contributed by atoms with Crippen LogP contribution >= 0.6 is 11.6 Å². The first-order valence-corrected chi connectivity index (χ1v) is 7.60. The molecule has 1 fully saturated rings. The van der Waals surface area contributed by atoms with Gasteiger partial charge in [-0.2, -0.15) is 0 Å². The second kappa shape index (κ2) is 6.99. The molecule has 1 saturated carbocycles. The van der Waals surface area contributed by atoms with E-state index in [1.807, 2.05) is 0 Å². The van der Waals surface area contributed by atoms with E-state index in [0.29, 0.717) is 16.7 Å². The molecule has 0 aromatic rings. The van der Waals surface area contributed by atoms with Crippen LogP contribution in [0.15, 0.2) is 0 Å². The minimum absolute atomic E-state index is 0.398. The smallest absolute Gasteiger partial charge is 0.0466 e. The monoisotopic (exact) mass is 260 g/mol. The molecule has 0 saturated heterocycles. The van der Waals surface area contributed by atoms with Gasteiger partial charge in [-0.25, -0.2) is 0 Å². The van der Waals surface area contributed by atoms with Gasteiger partial charge in [-0.3, -0.25) is 0 Å². The van der Waals surface area contributed by atoms with Crippen molar-refractivity contribution in [2.45, 2.75) is 65.2 Å². The molecule has 0 amide bonds. The zero-order valence-corrected chi connectivity index (χ0v) is 12.7. The van der Waals surface area contributed by atoms with Crippen molar-refractivity contribution in [1.29, 1.82) is 0 Å². The van der Waals surface area contributed by atoms with Gasteiger partial charge in [0.15, 0.2) is 0 Å². The molecule has 0 aromatic carbocycles. The summed E-state index contributed by atoms with van der Waals surface area (Å²) in [7, 11) is 0. The molecule has 102 valence electrons. The molecular formula is C15H29ClO. The quantitative estimate of drug-likeness (QED) is 0.506. The summed E-state index contributed by atoms with van der Waals surface area (Å²) in [4.78, 5) is 0. The van der Waals surface area contributed by atoms with Crippen LogP contribution in [0.5, 0.6) is 0 Å². The number of alkyl halides is 1. The average Bonchev–Trinajstić information content (AvgIpc) is 2.25. The zero-order valence-electron chi connectivity index (χ0n) is 12.0. The summed E-state index contributed by atoms with van der Waals surface area (Å²) < 4.78 is 5.41. The van der Waals surface area contributed by atoms with Gasteiger partial charge in [-0.15, -0.1) is 11.6 Å². The van der Waals surface area contributed by atoms with Crippen LogP contribution in [0.25, 0.3) is 0 Å². The van der Waals surface area contributed by atoms with E-state index in [4.69, 9.17) is 16.3 Å². The highest BCUT2D eigenvalue weighted by Gasteiger charge is 2.34. The maximum Gasteiger partial charge on any atom is 0.0466 e. The Kier molecular flexibility index (Phi) is 6.30. The van der Waals surface area contributed by atoms with Crippen molar-refractivity contribution < 1.29 is 4.74 Å². The summed E-state index contributed by atoms with van der Waals surface area (Å²) >= 11 is 6.47. The van der Waals surface area contributed by atoms with Crippen molar-refractivity contribution in [2.75, 3.05) is 13.2 Å². The highest BCUT2D eigenvalue weighted by molar-refractivity contribution is 6.20. The fourth-order valence-electron chi connectivity index (χ4n) is 2.90. The summed E-state index contributed by atoms with van der Waals surface area (Å²) in [5.41, 5.74) is 0.440. The maximum absolute atomic E-state index is 6.47. The first kappa shape index (κ1) is 15.3. The van der Waals surface area contributed by atoms with Gasteiger partial charge in [0.1, 0.15) is 0 Å². The second-order valence-electron chi connectivity index (χ2n) is 6.49. The Hall–Kier alpha value is 0.250. The van der Waals surface area contributed by atoms with E-state index in [1.54, 1.807) is 0 Å². The second-order valence-corrected chi connectivity index (χ2v) is 7.05. The minimum atomic E-state index is 0.398. The summed E-state index contributed by atoms with van der Waals surface area (Å²) in [6.07, 6.45) is 6.21. The molecule has 1 aliphatic rings. The van der Waals surface area contributed by atoms with Crippen LogP contribution in [0.4, 0.5) is 0 Å². The van der Waals surface area contributed by atoms with Gasteiger partial charge in [-0.05, 0) is 56.3 Å². The Morgan fingerprint density at radius 1 is 1.24 bits per heavy atom. The molecule has 0 radical (unpaired) electrons. The Morgan fingerprint density at radius 2 is 1.94 bits per heavy atom. The van der Waals surface area contributed by atoms with Crippen molar-refractivity contribution in [3.05, 3.63) is 0 Å². The van der Waals surface area contributed by atoms with Crippen LogP contribution in [0.3, 0.4) is 0 Å². The largest absolute Gasteiger partial charge is 0.382 e. The van der Waals surface area contributed by atoms with E-state index in [-0.39, 0.29) is 0 Å². The third-order valence-corrected chi connectivity index (χ3v) is 4.76. The van der Waals surface area contributed by atoms with Crippen molar-refractivity contribution >= 4 is 11.6 Å². The standard InChI is InChI=1S/C15H29ClO/c1-5-17-10-6-7-12-11-13(15(2,3)4)8-9-14(12)16/h12-14H,5-11H2,1-4H3. The van der Waals surface area contributed by atoms with Gasteiger partial charge >= 0.3 is 0 Å². The number of ether oxygens (including phenoxy) is 1. The number of hydrogen-bond acceptors (Lipinski definition) is 1. The SMILES string of the molecule is CCOCCCC1CC(C(C)(C)C)CCC1Cl. The molecule has 0 heterocycles. The van der Waals surface area contributed by atoms with Crippen LogP contribution in [0.2, 0.25) is 0 Å². The predicted molar refractivity (Wildman–Crippen MR) is 75.7 cm³/mol. The third-order valence-electron chi connectivity index (χ3n) is 4.18. The molecule has 0 bridgehead atoms. The highest BCUT2D eigenvalue weighted by Crippen LogP contribution is 2.43. The average molecular weight is 261 g/mol. The number of halogens is 1.